The van der Waals surface area contributed by atoms with Gasteiger partial charge in [-0.1, -0.05) is 24.3 Å². The van der Waals surface area contributed by atoms with Crippen molar-refractivity contribution in [2.75, 3.05) is 5.32 Å². The van der Waals surface area contributed by atoms with Gasteiger partial charge in [-0.25, -0.2) is 9.37 Å². The number of rotatable bonds is 4. The molecule has 0 aliphatic rings. The van der Waals surface area contributed by atoms with Gasteiger partial charge in [-0.15, -0.1) is 0 Å². The van der Waals surface area contributed by atoms with Gasteiger partial charge in [0.1, 0.15) is 11.3 Å². The van der Waals surface area contributed by atoms with Crippen LogP contribution < -0.4 is 5.32 Å². The molecular weight excluding hydrogens is 343 g/mol. The van der Waals surface area contributed by atoms with E-state index in [0.717, 1.165) is 16.7 Å². The lowest BCUT2D eigenvalue weighted by molar-refractivity contribution is 0.102. The molecular formula is C22H15FN2O2. The number of halogens is 1. The number of hydrogen-bond acceptors (Lipinski definition) is 3. The molecule has 0 saturated heterocycles. The number of carbonyl (C=O) groups is 1. The Bertz CT molecular complexity index is 1080. The van der Waals surface area contributed by atoms with Gasteiger partial charge >= 0.3 is 0 Å². The number of amides is 1. The van der Waals surface area contributed by atoms with E-state index in [2.05, 4.69) is 10.3 Å². The molecule has 0 spiro atoms. The average Bonchev–Trinajstić information content (AvgIpc) is 3.11. The summed E-state index contributed by atoms with van der Waals surface area (Å²) in [7, 11) is 0. The third-order valence-corrected chi connectivity index (χ3v) is 4.00. The fraction of sp³-hybridized carbons (Fsp3) is 0. The minimum absolute atomic E-state index is 0.287. The third-order valence-electron chi connectivity index (χ3n) is 4.00. The summed E-state index contributed by atoms with van der Waals surface area (Å²) >= 11 is 0. The normalized spacial score (nSPS) is 11.1. The van der Waals surface area contributed by atoms with Gasteiger partial charge in [-0.2, -0.15) is 0 Å². The summed E-state index contributed by atoms with van der Waals surface area (Å²) in [5.74, 6) is -0.128. The first-order chi connectivity index (χ1) is 13.2. The number of hydrogen-bond donors (Lipinski definition) is 1. The van der Waals surface area contributed by atoms with Crippen LogP contribution in [-0.2, 0) is 0 Å². The Morgan fingerprint density at radius 3 is 2.41 bits per heavy atom. The number of para-hydroxylation sites is 2. The lowest BCUT2D eigenvalue weighted by Gasteiger charge is -2.05. The summed E-state index contributed by atoms with van der Waals surface area (Å²) < 4.78 is 18.6. The van der Waals surface area contributed by atoms with E-state index < -0.39 is 0 Å². The second kappa shape index (κ2) is 7.25. The summed E-state index contributed by atoms with van der Waals surface area (Å²) in [6.07, 6.45) is 3.68. The summed E-state index contributed by atoms with van der Waals surface area (Å²) in [5.41, 5.74) is 3.56. The van der Waals surface area contributed by atoms with Gasteiger partial charge in [0.15, 0.2) is 5.58 Å². The van der Waals surface area contributed by atoms with Crippen LogP contribution in [0.4, 0.5) is 10.1 Å². The van der Waals surface area contributed by atoms with Crippen LogP contribution in [0.25, 0.3) is 23.3 Å². The zero-order valence-corrected chi connectivity index (χ0v) is 14.2. The maximum absolute atomic E-state index is 12.9. The highest BCUT2D eigenvalue weighted by atomic mass is 19.1. The van der Waals surface area contributed by atoms with Crippen molar-refractivity contribution in [2.45, 2.75) is 0 Å². The lowest BCUT2D eigenvalue weighted by Crippen LogP contribution is -2.11. The van der Waals surface area contributed by atoms with E-state index >= 15 is 0 Å². The topological polar surface area (TPSA) is 55.1 Å². The Morgan fingerprint density at radius 1 is 0.926 bits per heavy atom. The van der Waals surface area contributed by atoms with E-state index in [-0.39, 0.29) is 11.7 Å². The molecule has 0 unspecified atom stereocenters. The van der Waals surface area contributed by atoms with E-state index in [9.17, 15) is 9.18 Å². The Morgan fingerprint density at radius 2 is 1.67 bits per heavy atom. The molecule has 4 nitrogen and oxygen atoms in total. The van der Waals surface area contributed by atoms with Crippen LogP contribution in [0.1, 0.15) is 21.8 Å². The van der Waals surface area contributed by atoms with Gasteiger partial charge in [0, 0.05) is 17.3 Å². The first kappa shape index (κ1) is 16.7. The summed E-state index contributed by atoms with van der Waals surface area (Å²) in [6, 6.07) is 20.3. The standard InChI is InChI=1S/C22H15FN2O2/c23-17-10-8-16(9-11-17)22(26)24-18-12-5-15(6-13-18)7-14-21-25-19-3-1-2-4-20(19)27-21/h1-14H,(H,24,26)/b14-7+. The second-order valence-electron chi connectivity index (χ2n) is 5.94. The molecule has 3 aromatic carbocycles. The van der Waals surface area contributed by atoms with E-state index in [1.165, 1.54) is 24.3 Å². The third kappa shape index (κ3) is 3.93. The zero-order chi connectivity index (χ0) is 18.6. The van der Waals surface area contributed by atoms with Crippen molar-refractivity contribution in [1.29, 1.82) is 0 Å². The number of carbonyl (C=O) groups excluding carboxylic acids is 1. The first-order valence-electron chi connectivity index (χ1n) is 8.38. The Hall–Kier alpha value is -3.73. The van der Waals surface area contributed by atoms with Gasteiger partial charge in [-0.05, 0) is 60.2 Å². The zero-order valence-electron chi connectivity index (χ0n) is 14.2. The minimum Gasteiger partial charge on any atom is -0.437 e. The molecule has 4 rings (SSSR count). The van der Waals surface area contributed by atoms with E-state index in [0.29, 0.717) is 17.1 Å². The Kier molecular flexibility index (Phi) is 4.49. The van der Waals surface area contributed by atoms with Gasteiger partial charge < -0.3 is 9.73 Å². The molecule has 1 N–H and O–H groups in total. The molecule has 5 heteroatoms. The van der Waals surface area contributed by atoms with Crippen molar-refractivity contribution in [3.05, 3.63) is 95.6 Å². The highest BCUT2D eigenvalue weighted by Gasteiger charge is 2.06. The van der Waals surface area contributed by atoms with Crippen LogP contribution in [0.2, 0.25) is 0 Å². The van der Waals surface area contributed by atoms with Crippen molar-refractivity contribution >= 4 is 34.8 Å². The summed E-state index contributed by atoms with van der Waals surface area (Å²) in [5, 5.41) is 2.78. The minimum atomic E-state index is -0.373. The first-order valence-corrected chi connectivity index (χ1v) is 8.38. The second-order valence-corrected chi connectivity index (χ2v) is 5.94. The fourth-order valence-electron chi connectivity index (χ4n) is 2.61. The predicted octanol–water partition coefficient (Wildman–Crippen LogP) is 5.39. The fourth-order valence-corrected chi connectivity index (χ4v) is 2.61. The SMILES string of the molecule is O=C(Nc1ccc(/C=C/c2nc3ccccc3o2)cc1)c1ccc(F)cc1. The molecule has 0 fully saturated rings. The maximum Gasteiger partial charge on any atom is 0.255 e. The lowest BCUT2D eigenvalue weighted by atomic mass is 10.1. The number of anilines is 1. The molecule has 132 valence electrons. The Labute approximate surface area is 155 Å². The molecule has 1 aromatic heterocycles. The average molecular weight is 358 g/mol. The summed E-state index contributed by atoms with van der Waals surface area (Å²) in [4.78, 5) is 16.5. The molecule has 0 radical (unpaired) electrons. The maximum atomic E-state index is 12.9. The van der Waals surface area contributed by atoms with Crippen LogP contribution in [0.15, 0.2) is 77.2 Å². The van der Waals surface area contributed by atoms with Crippen LogP contribution >= 0.6 is 0 Å². The molecule has 1 amide bonds. The highest BCUT2D eigenvalue weighted by molar-refractivity contribution is 6.04. The molecule has 27 heavy (non-hydrogen) atoms. The van der Waals surface area contributed by atoms with Gasteiger partial charge in [0.2, 0.25) is 5.89 Å². The van der Waals surface area contributed by atoms with E-state index in [1.807, 2.05) is 42.5 Å². The van der Waals surface area contributed by atoms with Crippen molar-refractivity contribution < 1.29 is 13.6 Å². The van der Waals surface area contributed by atoms with Crippen molar-refractivity contribution in [2.24, 2.45) is 0 Å². The largest absolute Gasteiger partial charge is 0.437 e. The van der Waals surface area contributed by atoms with Crippen molar-refractivity contribution in [3.63, 3.8) is 0 Å². The quantitative estimate of drug-likeness (QED) is 0.532. The molecule has 4 aromatic rings. The molecule has 1 heterocycles. The van der Waals surface area contributed by atoms with Crippen LogP contribution in [0.5, 0.6) is 0 Å². The predicted molar refractivity (Wildman–Crippen MR) is 104 cm³/mol. The highest BCUT2D eigenvalue weighted by Crippen LogP contribution is 2.18. The molecule has 0 aliphatic heterocycles. The molecule has 0 saturated carbocycles. The van der Waals surface area contributed by atoms with E-state index in [1.54, 1.807) is 18.2 Å². The number of nitrogens with one attached hydrogen (secondary N) is 1. The van der Waals surface area contributed by atoms with Crippen LogP contribution in [0, 0.1) is 5.82 Å². The molecule has 0 aliphatic carbocycles. The molecule has 0 bridgehead atoms. The number of oxazole rings is 1. The van der Waals surface area contributed by atoms with Crippen molar-refractivity contribution in [1.82, 2.24) is 4.98 Å². The van der Waals surface area contributed by atoms with Crippen molar-refractivity contribution in [3.8, 4) is 0 Å². The van der Waals surface area contributed by atoms with Gasteiger partial charge in [-0.3, -0.25) is 4.79 Å². The summed E-state index contributed by atoms with van der Waals surface area (Å²) in [6.45, 7) is 0. The van der Waals surface area contributed by atoms with Gasteiger partial charge in [0.05, 0.1) is 0 Å². The molecule has 0 atom stereocenters. The number of benzene rings is 3. The van der Waals surface area contributed by atoms with E-state index in [4.69, 9.17) is 4.42 Å². The van der Waals surface area contributed by atoms with Gasteiger partial charge in [0.25, 0.3) is 5.91 Å². The number of aromatic nitrogens is 1. The smallest absolute Gasteiger partial charge is 0.255 e. The van der Waals surface area contributed by atoms with Crippen LogP contribution in [-0.4, -0.2) is 10.9 Å². The number of nitrogens with zero attached hydrogens (tertiary/aromatic N) is 1. The monoisotopic (exact) mass is 358 g/mol. The number of fused-ring (bicyclic) bond motifs is 1. The Balaban J connectivity index is 1.43. The van der Waals surface area contributed by atoms with Crippen LogP contribution in [0.3, 0.4) is 0 Å².